The fraction of sp³-hybridized carbons (Fsp3) is 0.545. The highest BCUT2D eigenvalue weighted by Crippen LogP contribution is 2.18. The number of hydrogen-bond acceptors (Lipinski definition) is 2. The van der Waals surface area contributed by atoms with Gasteiger partial charge in [-0.25, -0.2) is 0 Å². The van der Waals surface area contributed by atoms with Gasteiger partial charge in [0.05, 0.1) is 0 Å². The minimum Gasteiger partial charge on any atom is -0.367 e. The Hall–Kier alpha value is -0.900. The van der Waals surface area contributed by atoms with Crippen molar-refractivity contribution in [2.45, 2.75) is 12.8 Å². The van der Waals surface area contributed by atoms with E-state index >= 15 is 0 Å². The van der Waals surface area contributed by atoms with Crippen molar-refractivity contribution in [1.29, 1.82) is 0 Å². The van der Waals surface area contributed by atoms with Gasteiger partial charge in [0.2, 0.25) is 5.91 Å². The van der Waals surface area contributed by atoms with Crippen LogP contribution in [0.5, 0.6) is 0 Å². The van der Waals surface area contributed by atoms with E-state index in [1.165, 1.54) is 5.56 Å². The van der Waals surface area contributed by atoms with E-state index in [9.17, 15) is 4.79 Å². The fourth-order valence-electron chi connectivity index (χ4n) is 1.97. The molecule has 0 aliphatic carbocycles. The minimum absolute atomic E-state index is 0.282. The second-order valence-corrected chi connectivity index (χ2v) is 4.43. The number of hydrogen-bond donors (Lipinski definition) is 2. The molecule has 1 unspecified atom stereocenters. The number of H-pyrrole nitrogens is 1. The molecule has 1 amide bonds. The van der Waals surface area contributed by atoms with Crippen LogP contribution < -0.4 is 0 Å². The summed E-state index contributed by atoms with van der Waals surface area (Å²) in [6, 6.07) is 2.05. The van der Waals surface area contributed by atoms with Crippen molar-refractivity contribution in [1.82, 2.24) is 9.88 Å². The number of nitrogens with one attached hydrogen (secondary N) is 1. The van der Waals surface area contributed by atoms with Crippen molar-refractivity contribution in [2.24, 2.45) is 5.92 Å². The molecule has 1 N–H and O–H groups in total. The van der Waals surface area contributed by atoms with E-state index in [1.807, 2.05) is 17.3 Å². The largest absolute Gasteiger partial charge is 0.367 e. The highest BCUT2D eigenvalue weighted by molar-refractivity contribution is 7.80. The molecule has 1 aromatic heterocycles. The number of carbonyl (C=O) groups is 1. The molecule has 1 saturated heterocycles. The van der Waals surface area contributed by atoms with E-state index in [4.69, 9.17) is 0 Å². The summed E-state index contributed by atoms with van der Waals surface area (Å²) in [4.78, 5) is 16.6. The molecule has 15 heavy (non-hydrogen) atoms. The number of rotatable bonds is 4. The molecule has 1 aliphatic heterocycles. The average molecular weight is 224 g/mol. The van der Waals surface area contributed by atoms with Crippen molar-refractivity contribution in [3.63, 3.8) is 0 Å². The fourth-order valence-corrected chi connectivity index (χ4v) is 2.21. The molecule has 0 radical (unpaired) electrons. The zero-order valence-corrected chi connectivity index (χ0v) is 9.54. The van der Waals surface area contributed by atoms with Gasteiger partial charge in [0, 0.05) is 31.9 Å². The molecule has 82 valence electrons. The van der Waals surface area contributed by atoms with Gasteiger partial charge in [-0.15, -0.1) is 0 Å². The van der Waals surface area contributed by atoms with Gasteiger partial charge in [-0.2, -0.15) is 12.6 Å². The Balaban J connectivity index is 1.83. The zero-order chi connectivity index (χ0) is 10.7. The monoisotopic (exact) mass is 224 g/mol. The lowest BCUT2D eigenvalue weighted by molar-refractivity contribution is -0.127. The third-order valence-corrected chi connectivity index (χ3v) is 3.40. The summed E-state index contributed by atoms with van der Waals surface area (Å²) >= 11 is 4.24. The summed E-state index contributed by atoms with van der Waals surface area (Å²) in [6.07, 6.45) is 5.51. The van der Waals surface area contributed by atoms with Gasteiger partial charge >= 0.3 is 0 Å². The first-order chi connectivity index (χ1) is 7.29. The first-order valence-electron chi connectivity index (χ1n) is 5.30. The number of nitrogens with zero attached hydrogens (tertiary/aromatic N) is 1. The Morgan fingerprint density at radius 3 is 3.07 bits per heavy atom. The molecular weight excluding hydrogens is 208 g/mol. The predicted molar refractivity (Wildman–Crippen MR) is 63.0 cm³/mol. The summed E-state index contributed by atoms with van der Waals surface area (Å²) < 4.78 is 0. The Labute approximate surface area is 95.3 Å². The minimum atomic E-state index is 0.282. The van der Waals surface area contributed by atoms with Crippen molar-refractivity contribution in [3.8, 4) is 0 Å². The van der Waals surface area contributed by atoms with E-state index in [2.05, 4.69) is 23.7 Å². The van der Waals surface area contributed by atoms with E-state index in [-0.39, 0.29) is 5.91 Å². The van der Waals surface area contributed by atoms with Crippen LogP contribution in [-0.4, -0.2) is 34.6 Å². The molecule has 1 atom stereocenters. The molecule has 1 aliphatic rings. The lowest BCUT2D eigenvalue weighted by atomic mass is 10.1. The van der Waals surface area contributed by atoms with Crippen LogP contribution in [0.25, 0.3) is 0 Å². The van der Waals surface area contributed by atoms with Crippen molar-refractivity contribution in [2.75, 3.05) is 18.8 Å². The van der Waals surface area contributed by atoms with Gasteiger partial charge < -0.3 is 9.88 Å². The molecule has 4 heteroatoms. The lowest BCUT2D eigenvalue weighted by Crippen LogP contribution is -2.27. The summed E-state index contributed by atoms with van der Waals surface area (Å²) in [5.74, 6) is 1.54. The number of carbonyl (C=O) groups excluding carboxylic acids is 1. The molecule has 2 heterocycles. The Bertz CT molecular complexity index is 323. The van der Waals surface area contributed by atoms with E-state index < -0.39 is 0 Å². The number of thiol groups is 1. The van der Waals surface area contributed by atoms with Crippen molar-refractivity contribution in [3.05, 3.63) is 24.0 Å². The van der Waals surface area contributed by atoms with Crippen molar-refractivity contribution >= 4 is 18.5 Å². The molecule has 2 rings (SSSR count). The second kappa shape index (κ2) is 4.75. The maximum absolute atomic E-state index is 11.6. The molecule has 0 aromatic carbocycles. The van der Waals surface area contributed by atoms with E-state index in [1.54, 1.807) is 0 Å². The Morgan fingerprint density at radius 1 is 1.60 bits per heavy atom. The van der Waals surface area contributed by atoms with Crippen LogP contribution in [0.15, 0.2) is 18.5 Å². The van der Waals surface area contributed by atoms with Crippen LogP contribution in [0.3, 0.4) is 0 Å². The predicted octanol–water partition coefficient (Wildman–Crippen LogP) is 1.34. The van der Waals surface area contributed by atoms with Crippen LogP contribution in [-0.2, 0) is 11.2 Å². The molecule has 3 nitrogen and oxygen atoms in total. The summed E-state index contributed by atoms with van der Waals surface area (Å²) in [5, 5.41) is 0. The number of aromatic nitrogens is 1. The van der Waals surface area contributed by atoms with Gasteiger partial charge in [0.25, 0.3) is 0 Å². The molecule has 0 saturated carbocycles. The quantitative estimate of drug-likeness (QED) is 0.744. The summed E-state index contributed by atoms with van der Waals surface area (Å²) in [7, 11) is 0. The highest BCUT2D eigenvalue weighted by Gasteiger charge is 2.27. The number of amides is 1. The second-order valence-electron chi connectivity index (χ2n) is 4.06. The lowest BCUT2D eigenvalue weighted by Gasteiger charge is -2.15. The van der Waals surface area contributed by atoms with Gasteiger partial charge in [-0.3, -0.25) is 4.79 Å². The van der Waals surface area contributed by atoms with Crippen LogP contribution in [0.2, 0.25) is 0 Å². The van der Waals surface area contributed by atoms with E-state index in [0.29, 0.717) is 12.3 Å². The molecule has 1 fully saturated rings. The Kier molecular flexibility index (Phi) is 3.36. The SMILES string of the molecule is O=C1CC(CS)CN1CCc1cc[nH]c1. The number of aromatic amines is 1. The maximum Gasteiger partial charge on any atom is 0.222 e. The van der Waals surface area contributed by atoms with Gasteiger partial charge in [-0.05, 0) is 29.7 Å². The standard InChI is InChI=1S/C11H16N2OS/c14-11-5-10(8-15)7-13(11)4-2-9-1-3-12-6-9/h1,3,6,10,12,15H,2,4-5,7-8H2. The van der Waals surface area contributed by atoms with Gasteiger partial charge in [-0.1, -0.05) is 0 Å². The normalized spacial score (nSPS) is 21.3. The maximum atomic E-state index is 11.6. The first-order valence-corrected chi connectivity index (χ1v) is 5.93. The highest BCUT2D eigenvalue weighted by atomic mass is 32.1. The molecule has 0 bridgehead atoms. The van der Waals surface area contributed by atoms with Crippen LogP contribution >= 0.6 is 12.6 Å². The smallest absolute Gasteiger partial charge is 0.222 e. The third-order valence-electron chi connectivity index (χ3n) is 2.89. The zero-order valence-electron chi connectivity index (χ0n) is 8.65. The van der Waals surface area contributed by atoms with Gasteiger partial charge in [0.1, 0.15) is 0 Å². The van der Waals surface area contributed by atoms with Gasteiger partial charge in [0.15, 0.2) is 0 Å². The third kappa shape index (κ3) is 2.56. The topological polar surface area (TPSA) is 36.1 Å². The summed E-state index contributed by atoms with van der Waals surface area (Å²) in [5.41, 5.74) is 1.26. The van der Waals surface area contributed by atoms with Crippen molar-refractivity contribution < 1.29 is 4.79 Å². The van der Waals surface area contributed by atoms with Crippen LogP contribution in [0, 0.1) is 5.92 Å². The van der Waals surface area contributed by atoms with E-state index in [0.717, 1.165) is 25.3 Å². The van der Waals surface area contributed by atoms with Crippen LogP contribution in [0.1, 0.15) is 12.0 Å². The Morgan fingerprint density at radius 2 is 2.47 bits per heavy atom. The first kappa shape index (κ1) is 10.6. The average Bonchev–Trinajstić information content (AvgIpc) is 2.84. The molecule has 1 aromatic rings. The van der Waals surface area contributed by atoms with Crippen LogP contribution in [0.4, 0.5) is 0 Å². The molecular formula is C11H16N2OS. The number of likely N-dealkylation sites (tertiary alicyclic amines) is 1. The summed E-state index contributed by atoms with van der Waals surface area (Å²) in [6.45, 7) is 1.72. The molecule has 0 spiro atoms.